The van der Waals surface area contributed by atoms with Gasteiger partial charge in [-0.2, -0.15) is 0 Å². The Hall–Kier alpha value is -6.24. The average molecular weight is 693 g/mol. The van der Waals surface area contributed by atoms with Crippen LogP contribution in [0.4, 0.5) is 0 Å². The number of allylic oxidation sites excluding steroid dienone is 1. The summed E-state index contributed by atoms with van der Waals surface area (Å²) >= 11 is 0. The number of ketones is 3. The van der Waals surface area contributed by atoms with Crippen LogP contribution in [0.25, 0.3) is 0 Å². The first-order valence-electron chi connectivity index (χ1n) is 15.9. The molecule has 1 aliphatic heterocycles. The van der Waals surface area contributed by atoms with Crippen LogP contribution in [0.5, 0.6) is 17.2 Å². The van der Waals surface area contributed by atoms with Crippen LogP contribution in [0.15, 0.2) is 48.6 Å². The van der Waals surface area contributed by atoms with Crippen LogP contribution in [-0.2, 0) is 35.1 Å². The third-order valence-corrected chi connectivity index (χ3v) is 9.43. The van der Waals surface area contributed by atoms with Crippen molar-refractivity contribution < 1.29 is 62.0 Å². The molecule has 0 amide bonds. The molecule has 258 valence electrons. The first-order chi connectivity index (χ1) is 24.1. The molecule has 0 saturated carbocycles. The van der Waals surface area contributed by atoms with Gasteiger partial charge < -0.3 is 23.7 Å². The van der Waals surface area contributed by atoms with Gasteiger partial charge in [0.05, 0.1) is 16.5 Å². The standard InChI is InChI=1S/C38H28O13/c1-15-11-22-30(26(12-15)49-18(4)41)37(46)51-36-25(48-17(3)40)10-9-23-28-20(14-38(23,36)35(22)45)13-27(50-19(5)42)31-32(28)33(43)21-7-6-8-24(47-16(2)39)29(21)34(31)44/h6-13,23,25,36H,14H2,1-5H3. The molecule has 3 aromatic carbocycles. The van der Waals surface area contributed by atoms with E-state index in [2.05, 4.69) is 0 Å². The predicted molar refractivity (Wildman–Crippen MR) is 172 cm³/mol. The Bertz CT molecular complexity index is 2240. The first-order valence-corrected chi connectivity index (χ1v) is 15.9. The van der Waals surface area contributed by atoms with Crippen LogP contribution in [0.2, 0.25) is 0 Å². The maximum atomic E-state index is 15.2. The quantitative estimate of drug-likeness (QED) is 0.169. The third kappa shape index (κ3) is 4.98. The lowest BCUT2D eigenvalue weighted by molar-refractivity contribution is -0.154. The van der Waals surface area contributed by atoms with Crippen molar-refractivity contribution in [3.05, 3.63) is 98.6 Å². The normalized spacial score (nSPS) is 22.2. The number of hydrogen-bond donors (Lipinski definition) is 0. The topological polar surface area (TPSA) is 183 Å². The van der Waals surface area contributed by atoms with E-state index < -0.39 is 70.7 Å². The zero-order valence-corrected chi connectivity index (χ0v) is 27.9. The molecule has 3 aliphatic carbocycles. The van der Waals surface area contributed by atoms with Gasteiger partial charge in [-0.05, 0) is 60.4 Å². The van der Waals surface area contributed by atoms with Crippen molar-refractivity contribution in [1.29, 1.82) is 0 Å². The SMILES string of the molecule is CC(=O)Oc1cc(C)cc2c1C(=O)OC1C(OC(C)=O)C=CC3c4c(cc(OC(C)=O)c5c4C(=O)c4cccc(OC(C)=O)c4C5=O)CC31C2=O. The van der Waals surface area contributed by atoms with Crippen LogP contribution in [-0.4, -0.2) is 59.4 Å². The van der Waals surface area contributed by atoms with E-state index in [1.807, 2.05) is 0 Å². The minimum absolute atomic E-state index is 0.0888. The van der Waals surface area contributed by atoms with Gasteiger partial charge in [-0.15, -0.1) is 0 Å². The van der Waals surface area contributed by atoms with E-state index in [-0.39, 0.29) is 62.6 Å². The molecule has 13 heteroatoms. The van der Waals surface area contributed by atoms with Crippen LogP contribution >= 0.6 is 0 Å². The number of carbonyl (C=O) groups is 8. The molecule has 4 unspecified atom stereocenters. The molecule has 1 spiro atoms. The Morgan fingerprint density at radius 2 is 1.35 bits per heavy atom. The number of esters is 5. The van der Waals surface area contributed by atoms with Gasteiger partial charge in [-0.3, -0.25) is 33.6 Å². The molecule has 0 bridgehead atoms. The van der Waals surface area contributed by atoms with E-state index in [1.165, 1.54) is 42.5 Å². The number of Topliss-reactive ketones (excluding diaryl/α,β-unsaturated/α-hetero) is 1. The van der Waals surface area contributed by atoms with Crippen molar-refractivity contribution >= 4 is 47.2 Å². The Kier molecular flexibility index (Phi) is 7.62. The molecule has 0 radical (unpaired) electrons. The highest BCUT2D eigenvalue weighted by molar-refractivity contribution is 6.31. The lowest BCUT2D eigenvalue weighted by Gasteiger charge is -2.43. The maximum Gasteiger partial charge on any atom is 0.343 e. The maximum absolute atomic E-state index is 15.2. The van der Waals surface area contributed by atoms with Crippen molar-refractivity contribution in [3.8, 4) is 17.2 Å². The fourth-order valence-corrected chi connectivity index (χ4v) is 7.84. The summed E-state index contributed by atoms with van der Waals surface area (Å²) in [7, 11) is 0. The summed E-state index contributed by atoms with van der Waals surface area (Å²) in [5, 5.41) is 0. The minimum atomic E-state index is -1.77. The fraction of sp³-hybridized carbons (Fsp3) is 0.263. The molecular weight excluding hydrogens is 664 g/mol. The minimum Gasteiger partial charge on any atom is -0.454 e. The number of fused-ring (bicyclic) bond motifs is 6. The Balaban J connectivity index is 1.52. The zero-order valence-electron chi connectivity index (χ0n) is 27.9. The highest BCUT2D eigenvalue weighted by Gasteiger charge is 2.64. The van der Waals surface area contributed by atoms with E-state index in [9.17, 15) is 33.6 Å². The molecule has 51 heavy (non-hydrogen) atoms. The van der Waals surface area contributed by atoms with Gasteiger partial charge in [0.25, 0.3) is 0 Å². The first kappa shape index (κ1) is 33.3. The van der Waals surface area contributed by atoms with E-state index in [0.717, 1.165) is 27.7 Å². The summed E-state index contributed by atoms with van der Waals surface area (Å²) in [6.07, 6.45) is 0.0796. The van der Waals surface area contributed by atoms with Crippen LogP contribution in [0, 0.1) is 12.3 Å². The van der Waals surface area contributed by atoms with Crippen molar-refractivity contribution in [2.45, 2.75) is 59.2 Å². The molecule has 7 rings (SSSR count). The molecule has 0 aromatic heterocycles. The van der Waals surface area contributed by atoms with Crippen LogP contribution in [0.1, 0.15) is 103 Å². The number of rotatable bonds is 4. The molecule has 4 aliphatic rings. The summed E-state index contributed by atoms with van der Waals surface area (Å²) in [6, 6.07) is 8.46. The summed E-state index contributed by atoms with van der Waals surface area (Å²) in [6.45, 7) is 6.18. The molecule has 1 heterocycles. The Morgan fingerprint density at radius 3 is 2.00 bits per heavy atom. The summed E-state index contributed by atoms with van der Waals surface area (Å²) in [5.74, 6) is -7.81. The van der Waals surface area contributed by atoms with Crippen molar-refractivity contribution in [3.63, 3.8) is 0 Å². The predicted octanol–water partition coefficient (Wildman–Crippen LogP) is 4.10. The molecule has 4 atom stereocenters. The van der Waals surface area contributed by atoms with Crippen molar-refractivity contribution in [1.82, 2.24) is 0 Å². The second kappa shape index (κ2) is 11.7. The van der Waals surface area contributed by atoms with Gasteiger partial charge in [0.1, 0.15) is 22.8 Å². The van der Waals surface area contributed by atoms with Crippen LogP contribution < -0.4 is 14.2 Å². The monoisotopic (exact) mass is 692 g/mol. The number of aryl methyl sites for hydroxylation is 1. The highest BCUT2D eigenvalue weighted by Crippen LogP contribution is 2.60. The molecular formula is C38H28O13. The van der Waals surface area contributed by atoms with E-state index >= 15 is 4.79 Å². The van der Waals surface area contributed by atoms with Crippen molar-refractivity contribution in [2.75, 3.05) is 0 Å². The lowest BCUT2D eigenvalue weighted by Crippen LogP contribution is -2.54. The second-order valence-corrected chi connectivity index (χ2v) is 12.8. The summed E-state index contributed by atoms with van der Waals surface area (Å²) < 4.78 is 27.8. The van der Waals surface area contributed by atoms with Gasteiger partial charge in [-0.25, -0.2) is 4.79 Å². The van der Waals surface area contributed by atoms with Crippen molar-refractivity contribution in [2.24, 2.45) is 5.41 Å². The number of carbonyl (C=O) groups excluding carboxylic acids is 8. The molecule has 13 nitrogen and oxygen atoms in total. The molecule has 0 fully saturated rings. The zero-order chi connectivity index (χ0) is 36.7. The average Bonchev–Trinajstić information content (AvgIpc) is 3.33. The summed E-state index contributed by atoms with van der Waals surface area (Å²) in [5.41, 5.74) is -1.88. The van der Waals surface area contributed by atoms with Gasteiger partial charge in [0.15, 0.2) is 23.8 Å². The van der Waals surface area contributed by atoms with E-state index in [1.54, 1.807) is 13.0 Å². The second-order valence-electron chi connectivity index (χ2n) is 12.8. The largest absolute Gasteiger partial charge is 0.454 e. The van der Waals surface area contributed by atoms with Gasteiger partial charge >= 0.3 is 29.8 Å². The van der Waals surface area contributed by atoms with Gasteiger partial charge in [0.2, 0.25) is 5.78 Å². The van der Waals surface area contributed by atoms with Gasteiger partial charge in [0, 0.05) is 50.3 Å². The summed E-state index contributed by atoms with van der Waals surface area (Å²) in [4.78, 5) is 107. The van der Waals surface area contributed by atoms with Crippen LogP contribution in [0.3, 0.4) is 0 Å². The molecule has 0 saturated heterocycles. The smallest absolute Gasteiger partial charge is 0.343 e. The highest BCUT2D eigenvalue weighted by atomic mass is 16.6. The number of hydrogen-bond acceptors (Lipinski definition) is 13. The third-order valence-electron chi connectivity index (χ3n) is 9.43. The number of benzene rings is 3. The van der Waals surface area contributed by atoms with E-state index in [0.29, 0.717) is 11.1 Å². The fourth-order valence-electron chi connectivity index (χ4n) is 7.84. The molecule has 3 aromatic rings. The Morgan fingerprint density at radius 1 is 0.706 bits per heavy atom. The van der Waals surface area contributed by atoms with Gasteiger partial charge in [-0.1, -0.05) is 18.2 Å². The molecule has 0 N–H and O–H groups in total. The van der Waals surface area contributed by atoms with E-state index in [4.69, 9.17) is 23.7 Å². The Labute approximate surface area is 289 Å². The lowest BCUT2D eigenvalue weighted by atomic mass is 9.62. The number of ether oxygens (including phenoxy) is 5.